The lowest BCUT2D eigenvalue weighted by atomic mass is 10.1. The molecule has 18 heavy (non-hydrogen) atoms. The van der Waals surface area contributed by atoms with Crippen LogP contribution in [-0.4, -0.2) is 60.9 Å². The first kappa shape index (κ1) is 14.9. The van der Waals surface area contributed by atoms with Gasteiger partial charge in [-0.2, -0.15) is 0 Å². The third-order valence-electron chi connectivity index (χ3n) is 3.00. The fraction of sp³-hybridized carbons (Fsp3) is 0.833. The molecule has 6 nitrogen and oxygen atoms in total. The van der Waals surface area contributed by atoms with Crippen molar-refractivity contribution in [3.8, 4) is 0 Å². The Morgan fingerprint density at radius 2 is 2.17 bits per heavy atom. The minimum atomic E-state index is -0.838. The van der Waals surface area contributed by atoms with E-state index in [4.69, 9.17) is 14.6 Å². The molecule has 1 saturated heterocycles. The maximum absolute atomic E-state index is 11.9. The molecule has 2 unspecified atom stereocenters. The first-order valence-corrected chi connectivity index (χ1v) is 6.27. The van der Waals surface area contributed by atoms with Crippen molar-refractivity contribution in [2.24, 2.45) is 5.92 Å². The second-order valence-electron chi connectivity index (χ2n) is 4.32. The normalized spacial score (nSPS) is 21.0. The molecule has 6 heteroatoms. The third-order valence-corrected chi connectivity index (χ3v) is 3.00. The minimum Gasteiger partial charge on any atom is -0.481 e. The van der Waals surface area contributed by atoms with Crippen LogP contribution in [0.3, 0.4) is 0 Å². The summed E-state index contributed by atoms with van der Waals surface area (Å²) in [7, 11) is 0. The molecule has 0 aromatic heterocycles. The number of ether oxygens (including phenoxy) is 2. The lowest BCUT2D eigenvalue weighted by Gasteiger charge is -2.20. The molecule has 0 aromatic carbocycles. The highest BCUT2D eigenvalue weighted by atomic mass is 16.5. The van der Waals surface area contributed by atoms with Crippen molar-refractivity contribution in [1.29, 1.82) is 0 Å². The maximum Gasteiger partial charge on any atom is 0.308 e. The van der Waals surface area contributed by atoms with E-state index >= 15 is 0 Å². The van der Waals surface area contributed by atoms with Crippen LogP contribution in [0.15, 0.2) is 0 Å². The van der Waals surface area contributed by atoms with E-state index in [1.807, 2.05) is 6.92 Å². The molecule has 1 aliphatic heterocycles. The van der Waals surface area contributed by atoms with Crippen LogP contribution >= 0.6 is 0 Å². The predicted molar refractivity (Wildman–Crippen MR) is 64.2 cm³/mol. The lowest BCUT2D eigenvalue weighted by Crippen LogP contribution is -2.38. The standard InChI is InChI=1S/C12H21NO5/c1-3-17-6-7-18-9(2)11(14)13-5-4-10(8-13)12(15)16/h9-10H,3-8H2,1-2H3,(H,15,16). The van der Waals surface area contributed by atoms with Crippen molar-refractivity contribution in [3.63, 3.8) is 0 Å². The van der Waals surface area contributed by atoms with E-state index in [9.17, 15) is 9.59 Å². The molecule has 0 spiro atoms. The summed E-state index contributed by atoms with van der Waals surface area (Å²) in [4.78, 5) is 24.3. The molecule has 1 fully saturated rings. The number of carboxylic acid groups (broad SMARTS) is 1. The quantitative estimate of drug-likeness (QED) is 0.668. The van der Waals surface area contributed by atoms with Gasteiger partial charge in [-0.3, -0.25) is 9.59 Å². The largest absolute Gasteiger partial charge is 0.481 e. The van der Waals surface area contributed by atoms with Crippen LogP contribution in [0.4, 0.5) is 0 Å². The van der Waals surface area contributed by atoms with Gasteiger partial charge in [0.15, 0.2) is 0 Å². The SMILES string of the molecule is CCOCCOC(C)C(=O)N1CCC(C(=O)O)C1. The average Bonchev–Trinajstić information content (AvgIpc) is 2.83. The van der Waals surface area contributed by atoms with Crippen LogP contribution in [0.1, 0.15) is 20.3 Å². The van der Waals surface area contributed by atoms with Crippen LogP contribution in [0, 0.1) is 5.92 Å². The van der Waals surface area contributed by atoms with Crippen LogP contribution in [0.2, 0.25) is 0 Å². The Kier molecular flexibility index (Phi) is 6.07. The van der Waals surface area contributed by atoms with Gasteiger partial charge in [0, 0.05) is 19.7 Å². The zero-order chi connectivity index (χ0) is 13.5. The van der Waals surface area contributed by atoms with Gasteiger partial charge >= 0.3 is 5.97 Å². The molecule has 1 amide bonds. The molecule has 2 atom stereocenters. The second kappa shape index (κ2) is 7.33. The number of carbonyl (C=O) groups excluding carboxylic acids is 1. The van der Waals surface area contributed by atoms with Gasteiger partial charge < -0.3 is 19.5 Å². The molecule has 1 rings (SSSR count). The Morgan fingerprint density at radius 3 is 2.72 bits per heavy atom. The van der Waals surface area contributed by atoms with Gasteiger partial charge in [-0.15, -0.1) is 0 Å². The molecule has 104 valence electrons. The molecule has 0 aliphatic carbocycles. The summed E-state index contributed by atoms with van der Waals surface area (Å²) in [6, 6.07) is 0. The van der Waals surface area contributed by atoms with Gasteiger partial charge in [-0.05, 0) is 20.3 Å². The Hall–Kier alpha value is -1.14. The molecule has 0 radical (unpaired) electrons. The monoisotopic (exact) mass is 259 g/mol. The van der Waals surface area contributed by atoms with Crippen molar-refractivity contribution in [2.75, 3.05) is 32.9 Å². The number of carboxylic acids is 1. The van der Waals surface area contributed by atoms with Crippen LogP contribution < -0.4 is 0 Å². The fourth-order valence-electron chi connectivity index (χ4n) is 1.92. The molecule has 0 saturated carbocycles. The lowest BCUT2D eigenvalue weighted by molar-refractivity contribution is -0.144. The summed E-state index contributed by atoms with van der Waals surface area (Å²) in [5, 5.41) is 8.87. The van der Waals surface area contributed by atoms with E-state index in [2.05, 4.69) is 0 Å². The second-order valence-corrected chi connectivity index (χ2v) is 4.32. The van der Waals surface area contributed by atoms with Crippen molar-refractivity contribution in [2.45, 2.75) is 26.4 Å². The van der Waals surface area contributed by atoms with E-state index < -0.39 is 18.0 Å². The van der Waals surface area contributed by atoms with Gasteiger partial charge in [0.25, 0.3) is 5.91 Å². The number of hydrogen-bond donors (Lipinski definition) is 1. The van der Waals surface area contributed by atoms with E-state index in [-0.39, 0.29) is 12.5 Å². The summed E-state index contributed by atoms with van der Waals surface area (Å²) in [6.07, 6.45) is -0.0229. The van der Waals surface area contributed by atoms with Crippen LogP contribution in [0.25, 0.3) is 0 Å². The summed E-state index contributed by atoms with van der Waals surface area (Å²) in [6.45, 7) is 5.82. The Bertz CT molecular complexity index is 294. The van der Waals surface area contributed by atoms with Gasteiger partial charge in [-0.1, -0.05) is 0 Å². The number of aliphatic carboxylic acids is 1. The van der Waals surface area contributed by atoms with Gasteiger partial charge in [0.2, 0.25) is 0 Å². The smallest absolute Gasteiger partial charge is 0.308 e. The zero-order valence-electron chi connectivity index (χ0n) is 10.9. The summed E-state index contributed by atoms with van der Waals surface area (Å²) in [5.41, 5.74) is 0. The van der Waals surface area contributed by atoms with Crippen LogP contribution in [-0.2, 0) is 19.1 Å². The van der Waals surface area contributed by atoms with Crippen molar-refractivity contribution in [3.05, 3.63) is 0 Å². The topological polar surface area (TPSA) is 76.1 Å². The molecular formula is C12H21NO5. The van der Waals surface area contributed by atoms with Crippen molar-refractivity contribution < 1.29 is 24.2 Å². The number of carbonyl (C=O) groups is 2. The average molecular weight is 259 g/mol. The summed E-state index contributed by atoms with van der Waals surface area (Å²) in [5.74, 6) is -1.42. The van der Waals surface area contributed by atoms with E-state index in [1.165, 1.54) is 0 Å². The highest BCUT2D eigenvalue weighted by molar-refractivity contribution is 5.82. The first-order chi connectivity index (χ1) is 8.56. The van der Waals surface area contributed by atoms with Crippen molar-refractivity contribution >= 4 is 11.9 Å². The minimum absolute atomic E-state index is 0.143. The summed E-state index contributed by atoms with van der Waals surface area (Å²) >= 11 is 0. The van der Waals surface area contributed by atoms with Gasteiger partial charge in [0.1, 0.15) is 6.10 Å². The molecule has 1 aliphatic rings. The number of amides is 1. The Labute approximate surface area is 107 Å². The predicted octanol–water partition coefficient (Wildman–Crippen LogP) is 0.361. The highest BCUT2D eigenvalue weighted by Crippen LogP contribution is 2.17. The van der Waals surface area contributed by atoms with E-state index in [0.717, 1.165) is 0 Å². The highest BCUT2D eigenvalue weighted by Gasteiger charge is 2.32. The number of hydrogen-bond acceptors (Lipinski definition) is 4. The fourth-order valence-corrected chi connectivity index (χ4v) is 1.92. The molecule has 1 heterocycles. The van der Waals surface area contributed by atoms with Gasteiger partial charge in [-0.25, -0.2) is 0 Å². The number of rotatable bonds is 7. The van der Waals surface area contributed by atoms with Crippen LogP contribution in [0.5, 0.6) is 0 Å². The number of nitrogens with zero attached hydrogens (tertiary/aromatic N) is 1. The molecular weight excluding hydrogens is 238 g/mol. The Balaban J connectivity index is 2.29. The molecule has 0 bridgehead atoms. The van der Waals surface area contributed by atoms with E-state index in [0.29, 0.717) is 32.8 Å². The summed E-state index contributed by atoms with van der Waals surface area (Å²) < 4.78 is 10.5. The van der Waals surface area contributed by atoms with Gasteiger partial charge in [0.05, 0.1) is 19.1 Å². The zero-order valence-corrected chi connectivity index (χ0v) is 10.9. The van der Waals surface area contributed by atoms with Crippen molar-refractivity contribution in [1.82, 2.24) is 4.90 Å². The number of likely N-dealkylation sites (tertiary alicyclic amines) is 1. The third kappa shape index (κ3) is 4.27. The van der Waals surface area contributed by atoms with E-state index in [1.54, 1.807) is 11.8 Å². The molecule has 0 aromatic rings. The molecule has 1 N–H and O–H groups in total. The first-order valence-electron chi connectivity index (χ1n) is 6.27. The maximum atomic E-state index is 11.9. The Morgan fingerprint density at radius 1 is 1.44 bits per heavy atom.